The minimum Gasteiger partial charge on any atom is -0.283 e. The summed E-state index contributed by atoms with van der Waals surface area (Å²) in [4.78, 5) is 22.7. The van der Waals surface area contributed by atoms with Gasteiger partial charge in [0.2, 0.25) is 0 Å². The molecular weight excluding hydrogens is 182 g/mol. The summed E-state index contributed by atoms with van der Waals surface area (Å²) in [7, 11) is 0. The van der Waals surface area contributed by atoms with Crippen LogP contribution in [-0.4, -0.2) is 11.7 Å². The average molecular weight is 188 g/mol. The first-order valence-corrected chi connectivity index (χ1v) is 4.00. The number of hydrogen-bond donors (Lipinski definition) is 0. The number of nitrogens with zero attached hydrogens (tertiary/aromatic N) is 3. The summed E-state index contributed by atoms with van der Waals surface area (Å²) < 4.78 is 0. The lowest BCUT2D eigenvalue weighted by Crippen LogP contribution is -2.22. The Balaban J connectivity index is 2.75. The summed E-state index contributed by atoms with van der Waals surface area (Å²) in [6.07, 6.45) is 0. The van der Waals surface area contributed by atoms with E-state index in [0.29, 0.717) is 21.8 Å². The summed E-state index contributed by atoms with van der Waals surface area (Å²) in [6.45, 7) is 1.73. The molecule has 0 bridgehead atoms. The number of anilines is 1. The number of hydrogen-bond acceptors (Lipinski definition) is 3. The van der Waals surface area contributed by atoms with E-state index in [1.54, 1.807) is 25.1 Å². The zero-order chi connectivity index (χ0) is 10.3. The highest BCUT2D eigenvalue weighted by Crippen LogP contribution is 2.31. The van der Waals surface area contributed by atoms with Crippen LogP contribution in [0.15, 0.2) is 18.2 Å². The molecule has 1 aromatic rings. The van der Waals surface area contributed by atoms with E-state index in [1.807, 2.05) is 0 Å². The summed E-state index contributed by atoms with van der Waals surface area (Å²) in [5.41, 5.74) is 1.35. The van der Waals surface area contributed by atoms with Crippen LogP contribution in [0.1, 0.15) is 15.9 Å². The van der Waals surface area contributed by atoms with Gasteiger partial charge in [-0.3, -0.25) is 9.59 Å². The molecule has 0 unspecified atom stereocenters. The molecule has 68 valence electrons. The SMILES string of the molecule is Cc1cccc2c1C(=O)C(=O)N2[N+]#N. The first kappa shape index (κ1) is 8.38. The number of diazo groups is 1. The molecule has 0 aliphatic carbocycles. The Hall–Kier alpha value is -2.22. The van der Waals surface area contributed by atoms with Gasteiger partial charge in [0, 0.05) is 0 Å². The van der Waals surface area contributed by atoms with Gasteiger partial charge in [0.25, 0.3) is 11.2 Å². The number of Topliss-reactive ketones (excluding diaryl/α,β-unsaturated/α-hetero) is 1. The van der Waals surface area contributed by atoms with E-state index in [-0.39, 0.29) is 0 Å². The smallest absolute Gasteiger partial charge is 0.283 e. The van der Waals surface area contributed by atoms with Crippen LogP contribution in [0.25, 0.3) is 5.08 Å². The van der Waals surface area contributed by atoms with E-state index in [2.05, 4.69) is 5.08 Å². The number of ketones is 1. The van der Waals surface area contributed by atoms with Gasteiger partial charge in [0.05, 0.1) is 10.6 Å². The zero-order valence-corrected chi connectivity index (χ0v) is 7.39. The second-order valence-corrected chi connectivity index (χ2v) is 3.00. The van der Waals surface area contributed by atoms with E-state index < -0.39 is 11.7 Å². The predicted octanol–water partition coefficient (Wildman–Crippen LogP) is 1.29. The molecule has 1 aliphatic heterocycles. The molecule has 14 heavy (non-hydrogen) atoms. The molecule has 1 aromatic carbocycles. The number of benzene rings is 1. The van der Waals surface area contributed by atoms with Crippen LogP contribution in [-0.2, 0) is 4.79 Å². The van der Waals surface area contributed by atoms with E-state index in [0.717, 1.165) is 0 Å². The van der Waals surface area contributed by atoms with Gasteiger partial charge in [-0.2, -0.15) is 0 Å². The molecule has 0 spiro atoms. The lowest BCUT2D eigenvalue weighted by molar-refractivity contribution is -0.113. The molecule has 1 aliphatic rings. The first-order valence-electron chi connectivity index (χ1n) is 4.00. The van der Waals surface area contributed by atoms with Crippen LogP contribution in [0, 0.1) is 12.3 Å². The molecule has 0 saturated carbocycles. The molecule has 0 aromatic heterocycles. The van der Waals surface area contributed by atoms with Gasteiger partial charge in [-0.25, -0.2) is 0 Å². The third-order valence-electron chi connectivity index (χ3n) is 2.18. The summed E-state index contributed by atoms with van der Waals surface area (Å²) in [5, 5.41) is 12.0. The largest absolute Gasteiger partial charge is 0.375 e. The molecule has 0 N–H and O–H groups in total. The van der Waals surface area contributed by atoms with Gasteiger partial charge in [0.1, 0.15) is 5.69 Å². The lowest BCUT2D eigenvalue weighted by atomic mass is 10.1. The van der Waals surface area contributed by atoms with E-state index >= 15 is 0 Å². The molecule has 0 radical (unpaired) electrons. The van der Waals surface area contributed by atoms with Crippen molar-refractivity contribution in [3.63, 3.8) is 0 Å². The maximum atomic E-state index is 11.4. The number of carbonyl (C=O) groups is 2. The van der Waals surface area contributed by atoms with Crippen LogP contribution in [0.4, 0.5) is 5.69 Å². The highest BCUT2D eigenvalue weighted by molar-refractivity contribution is 6.52. The van der Waals surface area contributed by atoms with Gasteiger partial charge in [-0.05, 0) is 18.6 Å². The third-order valence-corrected chi connectivity index (χ3v) is 2.18. The molecule has 1 amide bonds. The van der Waals surface area contributed by atoms with Crippen molar-refractivity contribution in [3.05, 3.63) is 34.4 Å². The second kappa shape index (κ2) is 2.64. The predicted molar refractivity (Wildman–Crippen MR) is 48.1 cm³/mol. The molecule has 0 saturated heterocycles. The number of carbonyl (C=O) groups excluding carboxylic acids is 2. The Morgan fingerprint density at radius 2 is 2.07 bits per heavy atom. The van der Waals surface area contributed by atoms with Crippen molar-refractivity contribution < 1.29 is 9.59 Å². The standard InChI is InChI=1S/C9H6N3O2/c1-5-3-2-4-6-7(5)8(13)9(14)12(6)11-10/h2-4H,1H3/q+1. The van der Waals surface area contributed by atoms with Crippen LogP contribution < -0.4 is 5.01 Å². The highest BCUT2D eigenvalue weighted by atomic mass is 16.2. The monoisotopic (exact) mass is 188 g/mol. The molecule has 5 heteroatoms. The molecule has 1 heterocycles. The van der Waals surface area contributed by atoms with Crippen molar-refractivity contribution >= 4 is 17.4 Å². The Morgan fingerprint density at radius 1 is 1.36 bits per heavy atom. The fraction of sp³-hybridized carbons (Fsp3) is 0.111. The average Bonchev–Trinajstić information content (AvgIpc) is 2.41. The van der Waals surface area contributed by atoms with Crippen molar-refractivity contribution in [1.29, 1.82) is 5.39 Å². The molecule has 0 fully saturated rings. The van der Waals surface area contributed by atoms with Crippen LogP contribution in [0.2, 0.25) is 0 Å². The number of rotatable bonds is 0. The van der Waals surface area contributed by atoms with Crippen molar-refractivity contribution in [1.82, 2.24) is 0 Å². The second-order valence-electron chi connectivity index (χ2n) is 3.00. The van der Waals surface area contributed by atoms with E-state index in [9.17, 15) is 9.59 Å². The molecule has 0 atom stereocenters. The van der Waals surface area contributed by atoms with Crippen LogP contribution in [0.3, 0.4) is 0 Å². The summed E-state index contributed by atoms with van der Waals surface area (Å²) in [6, 6.07) is 4.98. The maximum absolute atomic E-state index is 11.4. The van der Waals surface area contributed by atoms with Crippen molar-refractivity contribution in [2.45, 2.75) is 6.92 Å². The molecule has 5 nitrogen and oxygen atoms in total. The Morgan fingerprint density at radius 3 is 2.71 bits per heavy atom. The lowest BCUT2D eigenvalue weighted by Gasteiger charge is -1.96. The van der Waals surface area contributed by atoms with Gasteiger partial charge >= 0.3 is 11.0 Å². The fourth-order valence-electron chi connectivity index (χ4n) is 1.53. The van der Waals surface area contributed by atoms with Crippen molar-refractivity contribution in [2.75, 3.05) is 5.01 Å². The van der Waals surface area contributed by atoms with E-state index in [1.165, 1.54) is 0 Å². The minimum atomic E-state index is -0.822. The van der Waals surface area contributed by atoms with Gasteiger partial charge in [-0.15, -0.1) is 0 Å². The Bertz CT molecular complexity index is 487. The summed E-state index contributed by atoms with van der Waals surface area (Å²) >= 11 is 0. The maximum Gasteiger partial charge on any atom is 0.375 e. The Kier molecular flexibility index (Phi) is 1.58. The van der Waals surface area contributed by atoms with Crippen molar-refractivity contribution in [3.8, 4) is 0 Å². The number of aryl methyl sites for hydroxylation is 1. The molecular formula is C9H6N3O2+. The van der Waals surface area contributed by atoms with Crippen LogP contribution >= 0.6 is 0 Å². The van der Waals surface area contributed by atoms with Crippen LogP contribution in [0.5, 0.6) is 0 Å². The quantitative estimate of drug-likeness (QED) is 0.455. The zero-order valence-electron chi connectivity index (χ0n) is 7.39. The van der Waals surface area contributed by atoms with Gasteiger partial charge in [0.15, 0.2) is 0 Å². The highest BCUT2D eigenvalue weighted by Gasteiger charge is 2.45. The minimum absolute atomic E-state index is 0.315. The first-order chi connectivity index (χ1) is 6.66. The van der Waals surface area contributed by atoms with Gasteiger partial charge in [-0.1, -0.05) is 12.1 Å². The Labute approximate surface area is 79.5 Å². The van der Waals surface area contributed by atoms with Crippen molar-refractivity contribution in [2.24, 2.45) is 0 Å². The van der Waals surface area contributed by atoms with E-state index in [4.69, 9.17) is 5.39 Å². The summed E-state index contributed by atoms with van der Waals surface area (Å²) in [5.74, 6) is -1.45. The van der Waals surface area contributed by atoms with Gasteiger partial charge < -0.3 is 0 Å². The molecule has 2 rings (SSSR count). The normalized spacial score (nSPS) is 14.1. The number of fused-ring (bicyclic) bond motifs is 1. The topological polar surface area (TPSA) is 65.5 Å². The fourth-order valence-corrected chi connectivity index (χ4v) is 1.53. The number of amides is 1. The third kappa shape index (κ3) is 0.850.